The Bertz CT molecular complexity index is 445. The second-order valence-electron chi connectivity index (χ2n) is 5.36. The smallest absolute Gasteiger partial charge is 0.303 e. The topological polar surface area (TPSA) is 116 Å². The Hall–Kier alpha value is -1.96. The van der Waals surface area contributed by atoms with Gasteiger partial charge in [-0.15, -0.1) is 0 Å². The molecule has 0 aliphatic carbocycles. The Labute approximate surface area is 141 Å². The molecule has 24 heavy (non-hydrogen) atoms. The van der Waals surface area contributed by atoms with E-state index < -0.39 is 48.6 Å². The number of hydrogen-bond donors (Lipinski definition) is 1. The molecule has 0 fully saturated rings. The van der Waals surface area contributed by atoms with E-state index in [1.807, 2.05) is 6.92 Å². The van der Waals surface area contributed by atoms with Gasteiger partial charge >= 0.3 is 17.9 Å². The number of hydrogen-bond acceptors (Lipinski definition) is 8. The van der Waals surface area contributed by atoms with Crippen molar-refractivity contribution in [1.82, 2.24) is 0 Å². The summed E-state index contributed by atoms with van der Waals surface area (Å²) < 4.78 is 14.9. The lowest BCUT2D eigenvalue weighted by molar-refractivity contribution is -0.188. The third-order valence-electron chi connectivity index (χ3n) is 3.10. The van der Waals surface area contributed by atoms with Crippen LogP contribution in [0.1, 0.15) is 53.4 Å². The van der Waals surface area contributed by atoms with Gasteiger partial charge in [0.2, 0.25) is 0 Å². The van der Waals surface area contributed by atoms with E-state index in [1.165, 1.54) is 0 Å². The number of aliphatic hydroxyl groups is 1. The third-order valence-corrected chi connectivity index (χ3v) is 3.10. The highest BCUT2D eigenvalue weighted by molar-refractivity contribution is 5.86. The monoisotopic (exact) mass is 346 g/mol. The van der Waals surface area contributed by atoms with Gasteiger partial charge in [0.25, 0.3) is 0 Å². The molecule has 1 N–H and O–H groups in total. The molecular formula is C16H26O8. The largest absolute Gasteiger partial charge is 0.456 e. The van der Waals surface area contributed by atoms with E-state index in [1.54, 1.807) is 0 Å². The molecule has 3 atom stereocenters. The van der Waals surface area contributed by atoms with Crippen LogP contribution in [0.3, 0.4) is 0 Å². The molecule has 0 radical (unpaired) electrons. The minimum Gasteiger partial charge on any atom is -0.456 e. The van der Waals surface area contributed by atoms with Crippen LogP contribution in [0.4, 0.5) is 0 Å². The van der Waals surface area contributed by atoms with E-state index in [2.05, 4.69) is 0 Å². The molecule has 8 heteroatoms. The van der Waals surface area contributed by atoms with Gasteiger partial charge in [0.05, 0.1) is 6.61 Å². The Morgan fingerprint density at radius 3 is 1.83 bits per heavy atom. The zero-order valence-corrected chi connectivity index (χ0v) is 14.6. The number of unbranched alkanes of at least 4 members (excludes halogenated alkanes) is 2. The van der Waals surface area contributed by atoms with Crippen LogP contribution in [-0.4, -0.2) is 53.7 Å². The van der Waals surface area contributed by atoms with Gasteiger partial charge in [0.1, 0.15) is 0 Å². The number of carbonyl (C=O) groups is 4. The molecule has 0 amide bonds. The summed E-state index contributed by atoms with van der Waals surface area (Å²) in [7, 11) is 0. The van der Waals surface area contributed by atoms with E-state index in [0.717, 1.165) is 33.6 Å². The molecule has 8 nitrogen and oxygen atoms in total. The number of rotatable bonds is 11. The average Bonchev–Trinajstić information content (AvgIpc) is 2.47. The number of ketones is 1. The number of ether oxygens (including phenoxy) is 3. The SMILES string of the molecule is CCCCCC(=O)[C@H](OC(C)=O)[C@@H](OC(C)=O)[C@@H](CO)OC(C)=O. The zero-order valence-electron chi connectivity index (χ0n) is 14.6. The van der Waals surface area contributed by atoms with Crippen molar-refractivity contribution >= 4 is 23.7 Å². The fourth-order valence-electron chi connectivity index (χ4n) is 2.13. The van der Waals surface area contributed by atoms with E-state index in [0.29, 0.717) is 6.42 Å². The second kappa shape index (κ2) is 11.6. The van der Waals surface area contributed by atoms with Gasteiger partial charge in [-0.05, 0) is 6.42 Å². The zero-order chi connectivity index (χ0) is 18.7. The van der Waals surface area contributed by atoms with Gasteiger partial charge in [-0.1, -0.05) is 19.8 Å². The van der Waals surface area contributed by atoms with Gasteiger partial charge < -0.3 is 19.3 Å². The Morgan fingerprint density at radius 2 is 1.42 bits per heavy atom. The van der Waals surface area contributed by atoms with Crippen molar-refractivity contribution in [3.8, 4) is 0 Å². The van der Waals surface area contributed by atoms with Crippen molar-refractivity contribution in [3.63, 3.8) is 0 Å². The molecule has 0 saturated heterocycles. The normalized spacial score (nSPS) is 14.2. The van der Waals surface area contributed by atoms with Crippen LogP contribution in [0.2, 0.25) is 0 Å². The highest BCUT2D eigenvalue weighted by atomic mass is 16.6. The first kappa shape index (κ1) is 22.0. The van der Waals surface area contributed by atoms with E-state index in [9.17, 15) is 24.3 Å². The standard InChI is InChI=1S/C16H26O8/c1-5-6-7-8-13(21)15(23-11(3)19)16(24-12(4)20)14(9-17)22-10(2)18/h14-17H,5-9H2,1-4H3/t14-,15+,16+/m1/s1. The Kier molecular flexibility index (Phi) is 10.6. The van der Waals surface area contributed by atoms with E-state index >= 15 is 0 Å². The molecule has 0 bridgehead atoms. The molecule has 0 saturated carbocycles. The van der Waals surface area contributed by atoms with Crippen LogP contribution >= 0.6 is 0 Å². The van der Waals surface area contributed by atoms with Crippen molar-refractivity contribution in [2.45, 2.75) is 71.7 Å². The summed E-state index contributed by atoms with van der Waals surface area (Å²) >= 11 is 0. The molecule has 0 aromatic carbocycles. The summed E-state index contributed by atoms with van der Waals surface area (Å²) in [5, 5.41) is 9.42. The van der Waals surface area contributed by atoms with Gasteiger partial charge in [0, 0.05) is 27.2 Å². The van der Waals surface area contributed by atoms with Crippen molar-refractivity contribution in [3.05, 3.63) is 0 Å². The Balaban J connectivity index is 5.44. The number of carbonyl (C=O) groups excluding carboxylic acids is 4. The molecule has 0 aliphatic heterocycles. The highest BCUT2D eigenvalue weighted by Gasteiger charge is 2.40. The summed E-state index contributed by atoms with van der Waals surface area (Å²) in [5.41, 5.74) is 0. The molecule has 138 valence electrons. The van der Waals surface area contributed by atoms with Crippen LogP contribution < -0.4 is 0 Å². The molecule has 0 aliphatic rings. The molecule has 0 spiro atoms. The van der Waals surface area contributed by atoms with Crippen LogP contribution in [0.15, 0.2) is 0 Å². The number of aliphatic hydroxyl groups excluding tert-OH is 1. The van der Waals surface area contributed by atoms with Crippen LogP contribution in [0, 0.1) is 0 Å². The van der Waals surface area contributed by atoms with Gasteiger partial charge in [-0.3, -0.25) is 19.2 Å². The molecule has 0 aromatic rings. The van der Waals surface area contributed by atoms with Gasteiger partial charge in [-0.2, -0.15) is 0 Å². The van der Waals surface area contributed by atoms with Crippen molar-refractivity contribution in [1.29, 1.82) is 0 Å². The fraction of sp³-hybridized carbons (Fsp3) is 0.750. The summed E-state index contributed by atoms with van der Waals surface area (Å²) in [6.45, 7) is 4.59. The van der Waals surface area contributed by atoms with Crippen LogP contribution in [-0.2, 0) is 33.4 Å². The number of Topliss-reactive ketones (excluding diaryl/α,β-unsaturated/α-hetero) is 1. The minimum absolute atomic E-state index is 0.113. The van der Waals surface area contributed by atoms with Crippen LogP contribution in [0.25, 0.3) is 0 Å². The minimum atomic E-state index is -1.44. The molecule has 0 rings (SSSR count). The molecular weight excluding hydrogens is 320 g/mol. The highest BCUT2D eigenvalue weighted by Crippen LogP contribution is 2.17. The molecule has 0 aromatic heterocycles. The maximum atomic E-state index is 12.4. The maximum Gasteiger partial charge on any atom is 0.303 e. The van der Waals surface area contributed by atoms with Gasteiger partial charge in [-0.25, -0.2) is 0 Å². The lowest BCUT2D eigenvalue weighted by Crippen LogP contribution is -2.50. The second-order valence-corrected chi connectivity index (χ2v) is 5.36. The van der Waals surface area contributed by atoms with E-state index in [-0.39, 0.29) is 6.42 Å². The fourth-order valence-corrected chi connectivity index (χ4v) is 2.13. The first-order valence-corrected chi connectivity index (χ1v) is 7.88. The lowest BCUT2D eigenvalue weighted by atomic mass is 9.99. The van der Waals surface area contributed by atoms with Crippen molar-refractivity contribution in [2.75, 3.05) is 6.61 Å². The summed E-state index contributed by atoms with van der Waals surface area (Å²) in [5.74, 6) is -2.70. The average molecular weight is 346 g/mol. The third kappa shape index (κ3) is 8.61. The lowest BCUT2D eigenvalue weighted by Gasteiger charge is -2.30. The predicted octanol–water partition coefficient (Wildman–Crippen LogP) is 0.923. The first-order valence-electron chi connectivity index (χ1n) is 7.88. The molecule has 0 heterocycles. The quantitative estimate of drug-likeness (QED) is 0.333. The van der Waals surface area contributed by atoms with Crippen LogP contribution in [0.5, 0.6) is 0 Å². The summed E-state index contributed by atoms with van der Waals surface area (Å²) in [6, 6.07) is 0. The summed E-state index contributed by atoms with van der Waals surface area (Å²) in [4.78, 5) is 46.2. The Morgan fingerprint density at radius 1 is 0.875 bits per heavy atom. The maximum absolute atomic E-state index is 12.4. The first-order chi connectivity index (χ1) is 11.2. The molecule has 0 unspecified atom stereocenters. The number of esters is 3. The van der Waals surface area contributed by atoms with E-state index in [4.69, 9.17) is 14.2 Å². The summed E-state index contributed by atoms with van der Waals surface area (Å²) in [6.07, 6.45) is -1.77. The van der Waals surface area contributed by atoms with Crippen molar-refractivity contribution < 1.29 is 38.5 Å². The van der Waals surface area contributed by atoms with Gasteiger partial charge in [0.15, 0.2) is 24.1 Å². The van der Waals surface area contributed by atoms with Crippen molar-refractivity contribution in [2.24, 2.45) is 0 Å². The predicted molar refractivity (Wildman–Crippen MR) is 82.9 cm³/mol.